The van der Waals surface area contributed by atoms with Gasteiger partial charge in [-0.25, -0.2) is 8.42 Å². The number of sulfonamides is 1. The number of nitrogens with zero attached hydrogens (tertiary/aromatic N) is 2. The standard InChI is InChI=1S/C17H22N2O3S/c20-17-9-5-12-19(17)16-8-4-11-18(14-16)23(21,22)13-10-15-6-2-1-3-7-15/h1-3,6-7,10,13,16H,4-5,8-9,11-12,14H2. The van der Waals surface area contributed by atoms with Gasteiger partial charge in [0, 0.05) is 37.5 Å². The Hall–Kier alpha value is -1.66. The van der Waals surface area contributed by atoms with Gasteiger partial charge in [-0.3, -0.25) is 4.79 Å². The van der Waals surface area contributed by atoms with Crippen LogP contribution < -0.4 is 0 Å². The first-order valence-electron chi connectivity index (χ1n) is 8.09. The van der Waals surface area contributed by atoms with Crippen LogP contribution in [0.1, 0.15) is 31.2 Å². The van der Waals surface area contributed by atoms with Gasteiger partial charge in [0.15, 0.2) is 0 Å². The molecular formula is C17H22N2O3S. The molecule has 1 aromatic rings. The molecule has 3 rings (SSSR count). The van der Waals surface area contributed by atoms with Gasteiger partial charge in [0.1, 0.15) is 0 Å². The number of likely N-dealkylation sites (tertiary alicyclic amines) is 1. The first-order chi connectivity index (χ1) is 11.1. The molecule has 0 N–H and O–H groups in total. The minimum atomic E-state index is -3.45. The van der Waals surface area contributed by atoms with Gasteiger partial charge in [0.2, 0.25) is 15.9 Å². The van der Waals surface area contributed by atoms with Crippen LogP contribution >= 0.6 is 0 Å². The number of benzene rings is 1. The Balaban J connectivity index is 1.69. The molecule has 23 heavy (non-hydrogen) atoms. The fourth-order valence-corrected chi connectivity index (χ4v) is 4.54. The number of hydrogen-bond acceptors (Lipinski definition) is 3. The first-order valence-corrected chi connectivity index (χ1v) is 9.59. The summed E-state index contributed by atoms with van der Waals surface area (Å²) in [5.41, 5.74) is 0.861. The Morgan fingerprint density at radius 3 is 2.57 bits per heavy atom. The van der Waals surface area contributed by atoms with Crippen molar-refractivity contribution < 1.29 is 13.2 Å². The molecule has 124 valence electrons. The van der Waals surface area contributed by atoms with Crippen molar-refractivity contribution >= 4 is 22.0 Å². The van der Waals surface area contributed by atoms with E-state index in [9.17, 15) is 13.2 Å². The smallest absolute Gasteiger partial charge is 0.236 e. The van der Waals surface area contributed by atoms with Gasteiger partial charge in [0.05, 0.1) is 0 Å². The molecule has 0 spiro atoms. The predicted molar refractivity (Wildman–Crippen MR) is 89.9 cm³/mol. The van der Waals surface area contributed by atoms with E-state index in [1.165, 1.54) is 9.71 Å². The molecule has 1 amide bonds. The maximum atomic E-state index is 12.5. The van der Waals surface area contributed by atoms with Crippen LogP contribution in [0.25, 0.3) is 6.08 Å². The van der Waals surface area contributed by atoms with Crippen LogP contribution in [-0.2, 0) is 14.8 Å². The molecule has 6 heteroatoms. The number of carbonyl (C=O) groups is 1. The summed E-state index contributed by atoms with van der Waals surface area (Å²) in [4.78, 5) is 13.7. The Morgan fingerprint density at radius 2 is 1.87 bits per heavy atom. The Kier molecular flexibility index (Phi) is 4.82. The highest BCUT2D eigenvalue weighted by molar-refractivity contribution is 7.92. The average molecular weight is 334 g/mol. The second-order valence-electron chi connectivity index (χ2n) is 6.10. The van der Waals surface area contributed by atoms with Crippen molar-refractivity contribution in [1.29, 1.82) is 0 Å². The Morgan fingerprint density at radius 1 is 1.09 bits per heavy atom. The normalized spacial score (nSPS) is 23.7. The SMILES string of the molecule is O=C1CCCN1C1CCCN(S(=O)(=O)C=Cc2ccccc2)C1. The van der Waals surface area contributed by atoms with E-state index in [2.05, 4.69) is 0 Å². The fourth-order valence-electron chi connectivity index (χ4n) is 3.28. The van der Waals surface area contributed by atoms with Crippen molar-refractivity contribution in [3.8, 4) is 0 Å². The monoisotopic (exact) mass is 334 g/mol. The van der Waals surface area contributed by atoms with Crippen molar-refractivity contribution in [3.05, 3.63) is 41.3 Å². The minimum absolute atomic E-state index is 0.0265. The lowest BCUT2D eigenvalue weighted by molar-refractivity contribution is -0.130. The molecule has 2 heterocycles. The van der Waals surface area contributed by atoms with E-state index in [-0.39, 0.29) is 11.9 Å². The number of rotatable bonds is 4. The maximum absolute atomic E-state index is 12.5. The zero-order valence-corrected chi connectivity index (χ0v) is 13.9. The quantitative estimate of drug-likeness (QED) is 0.847. The van der Waals surface area contributed by atoms with Crippen LogP contribution in [0.4, 0.5) is 0 Å². The van der Waals surface area contributed by atoms with Crippen LogP contribution in [0.3, 0.4) is 0 Å². The minimum Gasteiger partial charge on any atom is -0.338 e. The van der Waals surface area contributed by atoms with Crippen LogP contribution in [-0.4, -0.2) is 49.2 Å². The van der Waals surface area contributed by atoms with E-state index in [1.807, 2.05) is 35.2 Å². The average Bonchev–Trinajstić information content (AvgIpc) is 3.00. The van der Waals surface area contributed by atoms with E-state index in [1.54, 1.807) is 6.08 Å². The zero-order chi connectivity index (χ0) is 16.3. The summed E-state index contributed by atoms with van der Waals surface area (Å²) in [5.74, 6) is 0.161. The van der Waals surface area contributed by atoms with Gasteiger partial charge in [-0.2, -0.15) is 4.31 Å². The van der Waals surface area contributed by atoms with Crippen molar-refractivity contribution in [2.24, 2.45) is 0 Å². The predicted octanol–water partition coefficient (Wildman–Crippen LogP) is 2.07. The van der Waals surface area contributed by atoms with Gasteiger partial charge >= 0.3 is 0 Å². The largest absolute Gasteiger partial charge is 0.338 e. The molecule has 1 atom stereocenters. The van der Waals surface area contributed by atoms with E-state index in [0.717, 1.165) is 31.4 Å². The molecule has 0 aliphatic carbocycles. The lowest BCUT2D eigenvalue weighted by atomic mass is 10.1. The molecule has 1 unspecified atom stereocenters. The molecule has 2 aliphatic rings. The summed E-state index contributed by atoms with van der Waals surface area (Å²) in [7, 11) is -3.45. The van der Waals surface area contributed by atoms with Crippen LogP contribution in [0.15, 0.2) is 35.7 Å². The summed E-state index contributed by atoms with van der Waals surface area (Å²) < 4.78 is 26.6. The summed E-state index contributed by atoms with van der Waals surface area (Å²) in [6, 6.07) is 9.42. The summed E-state index contributed by atoms with van der Waals surface area (Å²) >= 11 is 0. The number of amides is 1. The van der Waals surface area contributed by atoms with Crippen LogP contribution in [0.2, 0.25) is 0 Å². The molecule has 2 fully saturated rings. The second kappa shape index (κ2) is 6.84. The molecule has 0 bridgehead atoms. The fraction of sp³-hybridized carbons (Fsp3) is 0.471. The van der Waals surface area contributed by atoms with Gasteiger partial charge in [-0.05, 0) is 30.9 Å². The molecule has 0 saturated carbocycles. The van der Waals surface area contributed by atoms with Crippen molar-refractivity contribution in [3.63, 3.8) is 0 Å². The third kappa shape index (κ3) is 3.82. The van der Waals surface area contributed by atoms with E-state index in [4.69, 9.17) is 0 Å². The number of piperidine rings is 1. The van der Waals surface area contributed by atoms with Gasteiger partial charge in [-0.15, -0.1) is 0 Å². The molecule has 2 saturated heterocycles. The van der Waals surface area contributed by atoms with E-state index in [0.29, 0.717) is 19.5 Å². The second-order valence-corrected chi connectivity index (χ2v) is 7.92. The summed E-state index contributed by atoms with van der Waals surface area (Å²) in [6.07, 6.45) is 4.79. The highest BCUT2D eigenvalue weighted by Gasteiger charge is 2.34. The molecular weight excluding hydrogens is 312 g/mol. The summed E-state index contributed by atoms with van der Waals surface area (Å²) in [6.45, 7) is 1.70. The highest BCUT2D eigenvalue weighted by atomic mass is 32.2. The van der Waals surface area contributed by atoms with Crippen molar-refractivity contribution in [2.45, 2.75) is 31.7 Å². The first kappa shape index (κ1) is 16.2. The van der Waals surface area contributed by atoms with Crippen molar-refractivity contribution in [2.75, 3.05) is 19.6 Å². The number of hydrogen-bond donors (Lipinski definition) is 0. The van der Waals surface area contributed by atoms with E-state index < -0.39 is 10.0 Å². The third-order valence-electron chi connectivity index (χ3n) is 4.50. The van der Waals surface area contributed by atoms with Gasteiger partial charge < -0.3 is 4.90 Å². The maximum Gasteiger partial charge on any atom is 0.236 e. The van der Waals surface area contributed by atoms with E-state index >= 15 is 0 Å². The molecule has 5 nitrogen and oxygen atoms in total. The topological polar surface area (TPSA) is 57.7 Å². The molecule has 1 aromatic carbocycles. The Bertz CT molecular complexity index is 685. The summed E-state index contributed by atoms with van der Waals surface area (Å²) in [5, 5.41) is 1.27. The Labute approximate surface area is 137 Å². The van der Waals surface area contributed by atoms with Crippen LogP contribution in [0, 0.1) is 0 Å². The highest BCUT2D eigenvalue weighted by Crippen LogP contribution is 2.23. The zero-order valence-electron chi connectivity index (χ0n) is 13.1. The van der Waals surface area contributed by atoms with Crippen molar-refractivity contribution in [1.82, 2.24) is 9.21 Å². The van der Waals surface area contributed by atoms with Crippen LogP contribution in [0.5, 0.6) is 0 Å². The molecule has 0 aromatic heterocycles. The molecule has 0 radical (unpaired) electrons. The van der Waals surface area contributed by atoms with Gasteiger partial charge in [-0.1, -0.05) is 30.3 Å². The molecule has 2 aliphatic heterocycles. The lowest BCUT2D eigenvalue weighted by Gasteiger charge is -2.36. The lowest BCUT2D eigenvalue weighted by Crippen LogP contribution is -2.49. The van der Waals surface area contributed by atoms with Gasteiger partial charge in [0.25, 0.3) is 0 Å². The number of carbonyl (C=O) groups excluding carboxylic acids is 1. The third-order valence-corrected chi connectivity index (χ3v) is 6.03.